The number of nitrogens with zero attached hydrogens (tertiary/aromatic N) is 1. The maximum atomic E-state index is 13.1. The third-order valence-corrected chi connectivity index (χ3v) is 6.60. The number of halogens is 2. The zero-order chi connectivity index (χ0) is 19.6. The second-order valence-corrected chi connectivity index (χ2v) is 8.77. The first kappa shape index (κ1) is 20.6. The van der Waals surface area contributed by atoms with Crippen molar-refractivity contribution >= 4 is 44.9 Å². The minimum Gasteiger partial charge on any atom is -0.480 e. The molecule has 2 aromatic carbocycles. The largest absolute Gasteiger partial charge is 0.480 e. The molecule has 0 aliphatic rings. The maximum Gasteiger partial charge on any atom is 0.327 e. The summed E-state index contributed by atoms with van der Waals surface area (Å²) in [7, 11) is -4.16. The van der Waals surface area contributed by atoms with E-state index in [0.29, 0.717) is 0 Å². The van der Waals surface area contributed by atoms with Gasteiger partial charge in [-0.1, -0.05) is 49.2 Å². The Hall–Kier alpha value is -1.76. The van der Waals surface area contributed by atoms with Gasteiger partial charge in [-0.2, -0.15) is 0 Å². The average molecular weight is 416 g/mol. The predicted molar refractivity (Wildman–Crippen MR) is 104 cm³/mol. The number of benzene rings is 2. The smallest absolute Gasteiger partial charge is 0.327 e. The van der Waals surface area contributed by atoms with Crippen molar-refractivity contribution in [1.29, 1.82) is 0 Å². The van der Waals surface area contributed by atoms with Crippen molar-refractivity contribution < 1.29 is 18.3 Å². The van der Waals surface area contributed by atoms with Crippen molar-refractivity contribution in [2.45, 2.75) is 37.6 Å². The molecular weight excluding hydrogens is 397 g/mol. The first-order valence-corrected chi connectivity index (χ1v) is 10.1. The Morgan fingerprint density at radius 2 is 1.58 bits per heavy atom. The van der Waals surface area contributed by atoms with Gasteiger partial charge in [-0.05, 0) is 48.7 Å². The molecule has 0 fully saturated rings. The molecule has 0 aliphatic heterocycles. The second kappa shape index (κ2) is 7.86. The topological polar surface area (TPSA) is 74.7 Å². The number of carboxylic acid groups (broad SMARTS) is 1. The normalized spacial score (nSPS) is 12.8. The number of sulfonamides is 1. The highest BCUT2D eigenvalue weighted by Gasteiger charge is 2.33. The van der Waals surface area contributed by atoms with E-state index in [9.17, 15) is 18.3 Å². The van der Waals surface area contributed by atoms with E-state index >= 15 is 0 Å². The molecule has 0 spiro atoms. The van der Waals surface area contributed by atoms with Crippen molar-refractivity contribution in [3.05, 3.63) is 58.1 Å². The fourth-order valence-electron chi connectivity index (χ4n) is 2.43. The monoisotopic (exact) mass is 415 g/mol. The summed E-state index contributed by atoms with van der Waals surface area (Å²) in [5.41, 5.74) is 1.28. The highest BCUT2D eigenvalue weighted by molar-refractivity contribution is 7.93. The Morgan fingerprint density at radius 1 is 1.00 bits per heavy atom. The molecular formula is C18H19Cl2NO4S. The summed E-state index contributed by atoms with van der Waals surface area (Å²) in [6.07, 6.45) is 0. The molecule has 0 saturated carbocycles. The van der Waals surface area contributed by atoms with Crippen LogP contribution in [-0.4, -0.2) is 25.5 Å². The molecule has 0 heterocycles. The van der Waals surface area contributed by atoms with Gasteiger partial charge in [0.05, 0.1) is 20.6 Å². The lowest BCUT2D eigenvalue weighted by Crippen LogP contribution is -2.43. The number of hydrogen-bond donors (Lipinski definition) is 1. The molecule has 0 aliphatic carbocycles. The maximum absolute atomic E-state index is 13.1. The van der Waals surface area contributed by atoms with E-state index in [1.165, 1.54) is 25.1 Å². The molecule has 5 nitrogen and oxygen atoms in total. The molecule has 1 N–H and O–H groups in total. The fraction of sp³-hybridized carbons (Fsp3) is 0.278. The van der Waals surface area contributed by atoms with Crippen LogP contribution in [0.25, 0.3) is 0 Å². The van der Waals surface area contributed by atoms with E-state index in [2.05, 4.69) is 0 Å². The summed E-state index contributed by atoms with van der Waals surface area (Å²) in [5.74, 6) is -0.998. The summed E-state index contributed by atoms with van der Waals surface area (Å²) >= 11 is 11.8. The van der Waals surface area contributed by atoms with E-state index in [4.69, 9.17) is 23.2 Å². The van der Waals surface area contributed by atoms with Crippen LogP contribution in [0.4, 0.5) is 5.69 Å². The van der Waals surface area contributed by atoms with E-state index in [1.807, 2.05) is 13.8 Å². The van der Waals surface area contributed by atoms with Crippen LogP contribution in [0.3, 0.4) is 0 Å². The molecule has 1 atom stereocenters. The number of aliphatic carboxylic acids is 1. The third-order valence-electron chi connectivity index (χ3n) is 3.97. The highest BCUT2D eigenvalue weighted by Crippen LogP contribution is 2.31. The lowest BCUT2D eigenvalue weighted by Gasteiger charge is -2.28. The van der Waals surface area contributed by atoms with Crippen molar-refractivity contribution in [3.8, 4) is 0 Å². The number of carbonyl (C=O) groups is 1. The molecule has 0 radical (unpaired) electrons. The average Bonchev–Trinajstić information content (AvgIpc) is 2.57. The molecule has 26 heavy (non-hydrogen) atoms. The first-order chi connectivity index (χ1) is 12.1. The molecule has 0 aromatic heterocycles. The summed E-state index contributed by atoms with van der Waals surface area (Å²) in [6.45, 7) is 5.34. The fourth-order valence-corrected chi connectivity index (χ4v) is 4.43. The zero-order valence-electron chi connectivity index (χ0n) is 14.5. The molecule has 2 aromatic rings. The Balaban J connectivity index is 2.60. The van der Waals surface area contributed by atoms with Crippen LogP contribution in [0.5, 0.6) is 0 Å². The van der Waals surface area contributed by atoms with Crippen LogP contribution >= 0.6 is 23.2 Å². The molecule has 0 amide bonds. The SMILES string of the molecule is CC(C)c1ccc(N(C(C)C(=O)O)S(=O)(=O)c2ccc(Cl)c(Cl)c2)cc1. The Labute approximate surface area is 163 Å². The summed E-state index contributed by atoms with van der Waals surface area (Å²) in [6, 6.07) is 9.34. The van der Waals surface area contributed by atoms with Gasteiger partial charge in [0, 0.05) is 0 Å². The Bertz CT molecular complexity index is 911. The molecule has 8 heteroatoms. The van der Waals surface area contributed by atoms with E-state index in [0.717, 1.165) is 9.87 Å². The number of carboxylic acids is 1. The van der Waals surface area contributed by atoms with Crippen molar-refractivity contribution in [3.63, 3.8) is 0 Å². The molecule has 0 saturated heterocycles. The quantitative estimate of drug-likeness (QED) is 0.735. The van der Waals surface area contributed by atoms with E-state index < -0.39 is 22.0 Å². The standard InChI is InChI=1S/C18H19Cl2NO4S/c1-11(2)13-4-6-14(7-5-13)21(12(3)18(22)23)26(24,25)15-8-9-16(19)17(20)10-15/h4-12H,1-3H3,(H,22,23). The third kappa shape index (κ3) is 4.14. The summed E-state index contributed by atoms with van der Waals surface area (Å²) in [5, 5.41) is 9.70. The lowest BCUT2D eigenvalue weighted by atomic mass is 10.0. The van der Waals surface area contributed by atoms with Gasteiger partial charge in [-0.25, -0.2) is 13.2 Å². The second-order valence-electron chi connectivity index (χ2n) is 6.14. The predicted octanol–water partition coefficient (Wildman–Crippen LogP) is 4.79. The first-order valence-electron chi connectivity index (χ1n) is 7.88. The van der Waals surface area contributed by atoms with Gasteiger partial charge in [0.2, 0.25) is 0 Å². The van der Waals surface area contributed by atoms with Crippen LogP contribution in [-0.2, 0) is 14.8 Å². The Morgan fingerprint density at radius 3 is 2.04 bits per heavy atom. The lowest BCUT2D eigenvalue weighted by molar-refractivity contribution is -0.137. The van der Waals surface area contributed by atoms with Crippen LogP contribution < -0.4 is 4.31 Å². The van der Waals surface area contributed by atoms with Crippen LogP contribution in [0.15, 0.2) is 47.4 Å². The van der Waals surface area contributed by atoms with Gasteiger partial charge in [0.25, 0.3) is 10.0 Å². The summed E-state index contributed by atoms with van der Waals surface area (Å²) in [4.78, 5) is 11.4. The van der Waals surface area contributed by atoms with Gasteiger partial charge in [0.1, 0.15) is 6.04 Å². The van der Waals surface area contributed by atoms with Gasteiger partial charge < -0.3 is 5.11 Å². The molecule has 140 valence electrons. The van der Waals surface area contributed by atoms with Crippen molar-refractivity contribution in [2.75, 3.05) is 4.31 Å². The van der Waals surface area contributed by atoms with E-state index in [-0.39, 0.29) is 26.5 Å². The summed E-state index contributed by atoms with van der Waals surface area (Å²) < 4.78 is 27.1. The van der Waals surface area contributed by atoms with Gasteiger partial charge in [-0.15, -0.1) is 0 Å². The minimum atomic E-state index is -4.16. The Kier molecular flexibility index (Phi) is 6.21. The minimum absolute atomic E-state index is 0.0748. The van der Waals surface area contributed by atoms with Crippen LogP contribution in [0.1, 0.15) is 32.3 Å². The zero-order valence-corrected chi connectivity index (χ0v) is 16.8. The van der Waals surface area contributed by atoms with Gasteiger partial charge in [0.15, 0.2) is 0 Å². The highest BCUT2D eigenvalue weighted by atomic mass is 35.5. The number of anilines is 1. The number of hydrogen-bond acceptors (Lipinski definition) is 3. The number of rotatable bonds is 6. The molecule has 0 bridgehead atoms. The van der Waals surface area contributed by atoms with Crippen molar-refractivity contribution in [1.82, 2.24) is 0 Å². The molecule has 2 rings (SSSR count). The van der Waals surface area contributed by atoms with E-state index in [1.54, 1.807) is 24.3 Å². The van der Waals surface area contributed by atoms with Gasteiger partial charge in [-0.3, -0.25) is 4.31 Å². The van der Waals surface area contributed by atoms with Crippen molar-refractivity contribution in [2.24, 2.45) is 0 Å². The van der Waals surface area contributed by atoms with Gasteiger partial charge >= 0.3 is 5.97 Å². The molecule has 1 unspecified atom stereocenters. The van der Waals surface area contributed by atoms with Crippen LogP contribution in [0, 0.1) is 0 Å². The van der Waals surface area contributed by atoms with Crippen LogP contribution in [0.2, 0.25) is 10.0 Å².